The summed E-state index contributed by atoms with van der Waals surface area (Å²) < 4.78 is 5.60. The lowest BCUT2D eigenvalue weighted by Gasteiger charge is -2.27. The number of para-hydroxylation sites is 1. The predicted molar refractivity (Wildman–Crippen MR) is 81.7 cm³/mol. The van der Waals surface area contributed by atoms with Crippen LogP contribution in [0.5, 0.6) is 5.75 Å². The molecule has 1 unspecified atom stereocenters. The second-order valence-electron chi connectivity index (χ2n) is 5.27. The van der Waals surface area contributed by atoms with Crippen molar-refractivity contribution >= 4 is 5.91 Å². The van der Waals surface area contributed by atoms with Crippen LogP contribution in [0.1, 0.15) is 19.4 Å². The summed E-state index contributed by atoms with van der Waals surface area (Å²) in [6.45, 7) is 4.85. The van der Waals surface area contributed by atoms with Gasteiger partial charge in [0.15, 0.2) is 0 Å². The molecule has 0 aliphatic carbocycles. The topological polar surface area (TPSA) is 102 Å². The minimum absolute atomic E-state index is 0.114. The highest BCUT2D eigenvalue weighted by Crippen LogP contribution is 2.17. The number of nitrogens with two attached hydrogens (primary N) is 2. The van der Waals surface area contributed by atoms with Gasteiger partial charge < -0.3 is 21.3 Å². The largest absolute Gasteiger partial charge is 0.491 e. The van der Waals surface area contributed by atoms with Crippen molar-refractivity contribution in [2.75, 3.05) is 19.7 Å². The summed E-state index contributed by atoms with van der Waals surface area (Å²) in [4.78, 5) is 12.8. The van der Waals surface area contributed by atoms with Crippen LogP contribution in [-0.2, 0) is 11.3 Å². The van der Waals surface area contributed by atoms with Gasteiger partial charge in [-0.2, -0.15) is 0 Å². The fourth-order valence-corrected chi connectivity index (χ4v) is 1.98. The molecule has 0 aromatic heterocycles. The lowest BCUT2D eigenvalue weighted by molar-refractivity contribution is -0.120. The monoisotopic (exact) mass is 295 g/mol. The Hall–Kier alpha value is -1.63. The minimum Gasteiger partial charge on any atom is -0.491 e. The Bertz CT molecular complexity index is 452. The number of hydrogen-bond acceptors (Lipinski definition) is 5. The highest BCUT2D eigenvalue weighted by molar-refractivity contribution is 5.75. The maximum absolute atomic E-state index is 11.0. The average Bonchev–Trinajstić information content (AvgIpc) is 2.44. The summed E-state index contributed by atoms with van der Waals surface area (Å²) >= 11 is 0. The molecule has 0 saturated carbocycles. The number of carbonyl (C=O) groups is 1. The molecule has 1 rings (SSSR count). The van der Waals surface area contributed by atoms with Crippen LogP contribution >= 0.6 is 0 Å². The van der Waals surface area contributed by atoms with Crippen molar-refractivity contribution in [1.82, 2.24) is 4.90 Å². The number of amides is 1. The molecular weight excluding hydrogens is 270 g/mol. The smallest absolute Gasteiger partial charge is 0.231 e. The van der Waals surface area contributed by atoms with E-state index in [-0.39, 0.29) is 19.2 Å². The van der Waals surface area contributed by atoms with E-state index >= 15 is 0 Å². The maximum atomic E-state index is 11.0. The van der Waals surface area contributed by atoms with Gasteiger partial charge in [-0.05, 0) is 19.9 Å². The average molecular weight is 295 g/mol. The molecule has 0 radical (unpaired) electrons. The van der Waals surface area contributed by atoms with Gasteiger partial charge in [0, 0.05) is 24.7 Å². The summed E-state index contributed by atoms with van der Waals surface area (Å²) in [6.07, 6.45) is -0.711. The van der Waals surface area contributed by atoms with Crippen molar-refractivity contribution < 1.29 is 14.6 Å². The zero-order chi connectivity index (χ0) is 15.8. The summed E-state index contributed by atoms with van der Waals surface area (Å²) in [5.41, 5.74) is 11.7. The molecule has 1 atom stereocenters. The number of primary amides is 1. The van der Waals surface area contributed by atoms with Crippen molar-refractivity contribution in [3.05, 3.63) is 29.8 Å². The molecule has 6 nitrogen and oxygen atoms in total. The van der Waals surface area contributed by atoms with Gasteiger partial charge in [-0.25, -0.2) is 0 Å². The van der Waals surface area contributed by atoms with Crippen LogP contribution in [0, 0.1) is 0 Å². The summed E-state index contributed by atoms with van der Waals surface area (Å²) in [5, 5.41) is 10.1. The van der Waals surface area contributed by atoms with Gasteiger partial charge in [0.05, 0.1) is 6.54 Å². The number of aliphatic hydroxyl groups is 1. The van der Waals surface area contributed by atoms with E-state index in [0.29, 0.717) is 18.8 Å². The molecule has 1 amide bonds. The molecule has 0 aliphatic rings. The lowest BCUT2D eigenvalue weighted by Crippen LogP contribution is -2.44. The number of aliphatic hydroxyl groups excluding tert-OH is 1. The van der Waals surface area contributed by atoms with Crippen molar-refractivity contribution in [3.8, 4) is 5.75 Å². The summed E-state index contributed by atoms with van der Waals surface area (Å²) in [6, 6.07) is 7.56. The number of nitrogens with zero attached hydrogens (tertiary/aromatic N) is 1. The van der Waals surface area contributed by atoms with E-state index in [4.69, 9.17) is 16.2 Å². The third-order valence-electron chi connectivity index (χ3n) is 3.16. The maximum Gasteiger partial charge on any atom is 0.231 e. The Kier molecular flexibility index (Phi) is 7.14. The Morgan fingerprint density at radius 2 is 2.05 bits per heavy atom. The second kappa shape index (κ2) is 8.61. The van der Waals surface area contributed by atoms with Crippen molar-refractivity contribution in [2.45, 2.75) is 32.5 Å². The van der Waals surface area contributed by atoms with Crippen LogP contribution in [0.25, 0.3) is 0 Å². The van der Waals surface area contributed by atoms with E-state index in [1.807, 2.05) is 43.0 Å². The van der Waals surface area contributed by atoms with Gasteiger partial charge in [-0.3, -0.25) is 9.69 Å². The van der Waals surface area contributed by atoms with E-state index in [9.17, 15) is 9.90 Å². The number of rotatable bonds is 9. The van der Waals surface area contributed by atoms with Crippen LogP contribution in [0.3, 0.4) is 0 Å². The van der Waals surface area contributed by atoms with Crippen molar-refractivity contribution in [2.24, 2.45) is 11.5 Å². The molecule has 1 aromatic rings. The van der Waals surface area contributed by atoms with E-state index in [0.717, 1.165) is 5.56 Å². The molecule has 0 spiro atoms. The van der Waals surface area contributed by atoms with Crippen LogP contribution in [0.2, 0.25) is 0 Å². The normalized spacial score (nSPS) is 12.7. The van der Waals surface area contributed by atoms with Gasteiger partial charge in [0.2, 0.25) is 5.91 Å². The van der Waals surface area contributed by atoms with E-state index < -0.39 is 12.0 Å². The fourth-order valence-electron chi connectivity index (χ4n) is 1.98. The zero-order valence-corrected chi connectivity index (χ0v) is 12.7. The van der Waals surface area contributed by atoms with Crippen LogP contribution < -0.4 is 16.2 Å². The molecule has 6 heteroatoms. The number of ether oxygens (including phenoxy) is 1. The quantitative estimate of drug-likeness (QED) is 0.599. The number of benzene rings is 1. The first-order chi connectivity index (χ1) is 9.93. The molecule has 0 saturated heterocycles. The van der Waals surface area contributed by atoms with Gasteiger partial charge >= 0.3 is 0 Å². The van der Waals surface area contributed by atoms with Crippen LogP contribution in [0.15, 0.2) is 24.3 Å². The molecule has 0 heterocycles. The van der Waals surface area contributed by atoms with E-state index in [1.54, 1.807) is 0 Å². The summed E-state index contributed by atoms with van der Waals surface area (Å²) in [5.74, 6) is 0.260. The number of hydrogen-bond donors (Lipinski definition) is 3. The molecular formula is C15H25N3O3. The molecule has 0 bridgehead atoms. The van der Waals surface area contributed by atoms with Gasteiger partial charge in [-0.1, -0.05) is 18.2 Å². The molecule has 5 N–H and O–H groups in total. The Balaban J connectivity index is 2.52. The predicted octanol–water partition coefficient (Wildman–Crippen LogP) is 0.0807. The van der Waals surface area contributed by atoms with Crippen LogP contribution in [0.4, 0.5) is 0 Å². The van der Waals surface area contributed by atoms with E-state index in [2.05, 4.69) is 0 Å². The first-order valence-electron chi connectivity index (χ1n) is 7.05. The Morgan fingerprint density at radius 1 is 1.38 bits per heavy atom. The first-order valence-corrected chi connectivity index (χ1v) is 7.05. The van der Waals surface area contributed by atoms with Crippen molar-refractivity contribution in [1.29, 1.82) is 0 Å². The third-order valence-corrected chi connectivity index (χ3v) is 3.16. The second-order valence-corrected chi connectivity index (χ2v) is 5.27. The number of carbonyl (C=O) groups excluding carboxylic acids is 1. The third kappa shape index (κ3) is 6.12. The molecule has 0 aliphatic heterocycles. The van der Waals surface area contributed by atoms with Crippen molar-refractivity contribution in [3.63, 3.8) is 0 Å². The van der Waals surface area contributed by atoms with Gasteiger partial charge in [0.1, 0.15) is 18.5 Å². The van der Waals surface area contributed by atoms with E-state index in [1.165, 1.54) is 0 Å². The highest BCUT2D eigenvalue weighted by Gasteiger charge is 2.17. The molecule has 21 heavy (non-hydrogen) atoms. The lowest BCUT2D eigenvalue weighted by atomic mass is 10.2. The van der Waals surface area contributed by atoms with Crippen LogP contribution in [-0.4, -0.2) is 47.8 Å². The first kappa shape index (κ1) is 17.4. The minimum atomic E-state index is -0.711. The Labute approximate surface area is 125 Å². The fraction of sp³-hybridized carbons (Fsp3) is 0.533. The summed E-state index contributed by atoms with van der Waals surface area (Å²) in [7, 11) is 0. The molecule has 0 fully saturated rings. The highest BCUT2D eigenvalue weighted by atomic mass is 16.5. The molecule has 118 valence electrons. The molecule has 1 aromatic carbocycles. The van der Waals surface area contributed by atoms with Gasteiger partial charge in [0.25, 0.3) is 0 Å². The SMILES string of the molecule is CC(C)N(CC(N)=O)CC(O)COc1ccccc1CN. The Morgan fingerprint density at radius 3 is 2.62 bits per heavy atom. The standard InChI is InChI=1S/C15H25N3O3/c1-11(2)18(9-15(17)20)8-13(19)10-21-14-6-4-3-5-12(14)7-16/h3-6,11,13,19H,7-10,16H2,1-2H3,(H2,17,20). The van der Waals surface area contributed by atoms with Gasteiger partial charge in [-0.15, -0.1) is 0 Å². The zero-order valence-electron chi connectivity index (χ0n) is 12.7.